The van der Waals surface area contributed by atoms with Gasteiger partial charge in [-0.15, -0.1) is 0 Å². The molecule has 1 aliphatic carbocycles. The number of hydrogen-bond acceptors (Lipinski definition) is 4. The minimum absolute atomic E-state index is 0.0127. The summed E-state index contributed by atoms with van der Waals surface area (Å²) in [6.07, 6.45) is 5.27. The van der Waals surface area contributed by atoms with E-state index in [2.05, 4.69) is 32.7 Å². The summed E-state index contributed by atoms with van der Waals surface area (Å²) in [5, 5.41) is 7.60. The molecule has 6 heteroatoms. The Kier molecular flexibility index (Phi) is 5.82. The van der Waals surface area contributed by atoms with Crippen LogP contribution in [0, 0.1) is 6.92 Å². The first kappa shape index (κ1) is 21.2. The predicted octanol–water partition coefficient (Wildman–Crippen LogP) is 4.83. The van der Waals surface area contributed by atoms with E-state index in [4.69, 9.17) is 4.98 Å². The SMILES string of the molecule is CNc1cc(C(Cc2c[nH]c3ccccc23)NC(=O)Cc2ccc(C)cc2)nc(C2CC2)n1. The molecule has 1 amide bonds. The fraction of sp³-hybridized carbons (Fsp3) is 0.296. The van der Waals surface area contributed by atoms with E-state index in [1.165, 1.54) is 10.9 Å². The Morgan fingerprint density at radius 3 is 2.67 bits per heavy atom. The highest BCUT2D eigenvalue weighted by molar-refractivity contribution is 5.83. The van der Waals surface area contributed by atoms with Crippen LogP contribution in [0.4, 0.5) is 5.82 Å². The van der Waals surface area contributed by atoms with Crippen LogP contribution in [-0.2, 0) is 17.6 Å². The summed E-state index contributed by atoms with van der Waals surface area (Å²) in [6, 6.07) is 18.0. The molecule has 0 aliphatic heterocycles. The third-order valence-electron chi connectivity index (χ3n) is 6.24. The first-order valence-corrected chi connectivity index (χ1v) is 11.6. The number of fused-ring (bicyclic) bond motifs is 1. The predicted molar refractivity (Wildman–Crippen MR) is 131 cm³/mol. The third-order valence-corrected chi connectivity index (χ3v) is 6.24. The number of aromatic amines is 1. The van der Waals surface area contributed by atoms with E-state index in [1.54, 1.807) is 0 Å². The number of rotatable bonds is 8. The molecule has 3 N–H and O–H groups in total. The van der Waals surface area contributed by atoms with Crippen LogP contribution in [0.3, 0.4) is 0 Å². The lowest BCUT2D eigenvalue weighted by atomic mass is 10.0. The average Bonchev–Trinajstić information content (AvgIpc) is 3.61. The molecule has 1 aliphatic rings. The Hall–Kier alpha value is -3.67. The summed E-state index contributed by atoms with van der Waals surface area (Å²) in [4.78, 5) is 26.0. The fourth-order valence-electron chi connectivity index (χ4n) is 4.20. The number of nitrogens with one attached hydrogen (secondary N) is 3. The number of aromatic nitrogens is 3. The molecule has 4 aromatic rings. The van der Waals surface area contributed by atoms with Gasteiger partial charge in [-0.1, -0.05) is 48.0 Å². The lowest BCUT2D eigenvalue weighted by molar-refractivity contribution is -0.121. The molecule has 0 radical (unpaired) electrons. The number of amides is 1. The van der Waals surface area contributed by atoms with Gasteiger partial charge in [-0.05, 0) is 37.0 Å². The zero-order valence-electron chi connectivity index (χ0n) is 19.1. The Morgan fingerprint density at radius 2 is 1.91 bits per heavy atom. The molecule has 0 saturated heterocycles. The molecule has 2 aromatic heterocycles. The zero-order chi connectivity index (χ0) is 22.8. The minimum Gasteiger partial charge on any atom is -0.373 e. The van der Waals surface area contributed by atoms with Gasteiger partial charge in [0.05, 0.1) is 18.2 Å². The lowest BCUT2D eigenvalue weighted by Crippen LogP contribution is -2.32. The number of aryl methyl sites for hydroxylation is 1. The number of carbonyl (C=O) groups excluding carboxylic acids is 1. The van der Waals surface area contributed by atoms with Gasteiger partial charge >= 0.3 is 0 Å². The van der Waals surface area contributed by atoms with Crippen LogP contribution in [0.1, 0.15) is 53.0 Å². The molecule has 168 valence electrons. The van der Waals surface area contributed by atoms with Crippen molar-refractivity contribution < 1.29 is 4.79 Å². The Balaban J connectivity index is 1.45. The van der Waals surface area contributed by atoms with Crippen molar-refractivity contribution in [2.45, 2.75) is 44.6 Å². The number of hydrogen-bond donors (Lipinski definition) is 3. The van der Waals surface area contributed by atoms with Crippen molar-refractivity contribution >= 4 is 22.6 Å². The molecule has 6 nitrogen and oxygen atoms in total. The first-order chi connectivity index (χ1) is 16.1. The molecule has 1 unspecified atom stereocenters. The van der Waals surface area contributed by atoms with Crippen LogP contribution < -0.4 is 10.6 Å². The van der Waals surface area contributed by atoms with Crippen molar-refractivity contribution in [2.75, 3.05) is 12.4 Å². The van der Waals surface area contributed by atoms with Gasteiger partial charge in [-0.2, -0.15) is 0 Å². The number of para-hydroxylation sites is 1. The highest BCUT2D eigenvalue weighted by Gasteiger charge is 2.29. The summed E-state index contributed by atoms with van der Waals surface area (Å²) in [5.41, 5.74) is 5.28. The summed E-state index contributed by atoms with van der Waals surface area (Å²) >= 11 is 0. The van der Waals surface area contributed by atoms with Gasteiger partial charge in [-0.25, -0.2) is 9.97 Å². The Bertz CT molecular complexity index is 1270. The van der Waals surface area contributed by atoms with Crippen LogP contribution in [0.15, 0.2) is 60.8 Å². The van der Waals surface area contributed by atoms with E-state index < -0.39 is 0 Å². The lowest BCUT2D eigenvalue weighted by Gasteiger charge is -2.20. The molecule has 2 heterocycles. The second-order valence-electron chi connectivity index (χ2n) is 8.91. The van der Waals surface area contributed by atoms with Crippen molar-refractivity contribution in [2.24, 2.45) is 0 Å². The van der Waals surface area contributed by atoms with E-state index in [9.17, 15) is 4.79 Å². The maximum atomic E-state index is 13.1. The number of nitrogens with zero attached hydrogens (tertiary/aromatic N) is 2. The van der Waals surface area contributed by atoms with Crippen molar-refractivity contribution in [1.82, 2.24) is 20.3 Å². The van der Waals surface area contributed by atoms with Gasteiger partial charge in [0.15, 0.2) is 0 Å². The molecule has 5 rings (SSSR count). The monoisotopic (exact) mass is 439 g/mol. The maximum absolute atomic E-state index is 13.1. The van der Waals surface area contributed by atoms with Gasteiger partial charge in [0.25, 0.3) is 0 Å². The van der Waals surface area contributed by atoms with Crippen molar-refractivity contribution in [1.29, 1.82) is 0 Å². The largest absolute Gasteiger partial charge is 0.373 e. The molecular weight excluding hydrogens is 410 g/mol. The zero-order valence-corrected chi connectivity index (χ0v) is 19.1. The molecule has 2 aromatic carbocycles. The van der Waals surface area contributed by atoms with Crippen molar-refractivity contribution in [3.05, 3.63) is 89.0 Å². The maximum Gasteiger partial charge on any atom is 0.224 e. The van der Waals surface area contributed by atoms with E-state index in [1.807, 2.05) is 62.6 Å². The van der Waals surface area contributed by atoms with E-state index in [0.29, 0.717) is 18.8 Å². The number of benzene rings is 2. The normalized spacial score (nSPS) is 14.2. The summed E-state index contributed by atoms with van der Waals surface area (Å²) < 4.78 is 0. The van der Waals surface area contributed by atoms with Crippen LogP contribution >= 0.6 is 0 Å². The van der Waals surface area contributed by atoms with Gasteiger partial charge in [0.1, 0.15) is 11.6 Å². The summed E-state index contributed by atoms with van der Waals surface area (Å²) in [5.74, 6) is 2.07. The molecule has 33 heavy (non-hydrogen) atoms. The van der Waals surface area contributed by atoms with Crippen LogP contribution in [-0.4, -0.2) is 27.9 Å². The van der Waals surface area contributed by atoms with Crippen LogP contribution in [0.5, 0.6) is 0 Å². The van der Waals surface area contributed by atoms with Crippen molar-refractivity contribution in [3.63, 3.8) is 0 Å². The van der Waals surface area contributed by atoms with Gasteiger partial charge in [-0.3, -0.25) is 4.79 Å². The molecular formula is C27H29N5O. The van der Waals surface area contributed by atoms with E-state index in [0.717, 1.165) is 46.8 Å². The molecule has 1 atom stereocenters. The van der Waals surface area contributed by atoms with E-state index >= 15 is 0 Å². The van der Waals surface area contributed by atoms with Gasteiger partial charge in [0.2, 0.25) is 5.91 Å². The van der Waals surface area contributed by atoms with E-state index in [-0.39, 0.29) is 11.9 Å². The van der Waals surface area contributed by atoms with Crippen molar-refractivity contribution in [3.8, 4) is 0 Å². The summed E-state index contributed by atoms with van der Waals surface area (Å²) in [7, 11) is 1.87. The van der Waals surface area contributed by atoms with Gasteiger partial charge < -0.3 is 15.6 Å². The quantitative estimate of drug-likeness (QED) is 0.367. The smallest absolute Gasteiger partial charge is 0.224 e. The Labute approximate surface area is 193 Å². The topological polar surface area (TPSA) is 82.7 Å². The third kappa shape index (κ3) is 4.90. The second kappa shape index (κ2) is 9.06. The minimum atomic E-state index is -0.255. The summed E-state index contributed by atoms with van der Waals surface area (Å²) in [6.45, 7) is 2.05. The standard InChI is InChI=1S/C27H29N5O/c1-17-7-9-18(10-8-17)13-26(33)30-23(14-20-16-29-22-6-4-3-5-21(20)22)24-15-25(28-2)32-27(31-24)19-11-12-19/h3-10,15-16,19,23,29H,11-14H2,1-2H3,(H,30,33)(H,28,31,32). The fourth-order valence-corrected chi connectivity index (χ4v) is 4.20. The highest BCUT2D eigenvalue weighted by Crippen LogP contribution is 2.39. The van der Waals surface area contributed by atoms with Gasteiger partial charge in [0, 0.05) is 42.6 Å². The molecule has 0 spiro atoms. The number of anilines is 1. The molecule has 1 fully saturated rings. The van der Waals surface area contributed by atoms with Crippen LogP contribution in [0.25, 0.3) is 10.9 Å². The molecule has 0 bridgehead atoms. The Morgan fingerprint density at radius 1 is 1.12 bits per heavy atom. The number of carbonyl (C=O) groups is 1. The number of H-pyrrole nitrogens is 1. The molecule has 1 saturated carbocycles. The highest BCUT2D eigenvalue weighted by atomic mass is 16.1. The van der Waals surface area contributed by atoms with Crippen LogP contribution in [0.2, 0.25) is 0 Å². The second-order valence-corrected chi connectivity index (χ2v) is 8.91. The average molecular weight is 440 g/mol. The first-order valence-electron chi connectivity index (χ1n) is 11.6.